The summed E-state index contributed by atoms with van der Waals surface area (Å²) in [6.45, 7) is 1.77. The summed E-state index contributed by atoms with van der Waals surface area (Å²) < 4.78 is 29.3. The number of hydrogen-bond acceptors (Lipinski definition) is 5. The zero-order chi connectivity index (χ0) is 13.1. The average molecular weight is 257 g/mol. The van der Waals surface area contributed by atoms with E-state index < -0.39 is 17.7 Å². The summed E-state index contributed by atoms with van der Waals surface area (Å²) >= 11 is 0. The second-order valence-corrected chi connectivity index (χ2v) is 3.93. The lowest BCUT2D eigenvalue weighted by Gasteiger charge is -2.25. The number of phenolic OH excluding ortho intramolecular Hbond substituents is 1. The van der Waals surface area contributed by atoms with Crippen LogP contribution in [0, 0.1) is 5.82 Å². The van der Waals surface area contributed by atoms with E-state index in [0.717, 1.165) is 6.54 Å². The molecule has 0 spiro atoms. The van der Waals surface area contributed by atoms with Gasteiger partial charge in [-0.25, -0.2) is 0 Å². The van der Waals surface area contributed by atoms with E-state index in [1.807, 2.05) is 0 Å². The van der Waals surface area contributed by atoms with Crippen LogP contribution in [0.25, 0.3) is 0 Å². The van der Waals surface area contributed by atoms with Crippen LogP contribution in [-0.4, -0.2) is 39.0 Å². The molecule has 18 heavy (non-hydrogen) atoms. The number of morpholine rings is 1. The number of benzene rings is 1. The Balaban J connectivity index is 2.44. The minimum absolute atomic E-state index is 0.109. The van der Waals surface area contributed by atoms with Crippen molar-refractivity contribution in [2.75, 3.05) is 33.9 Å². The van der Waals surface area contributed by atoms with E-state index in [2.05, 4.69) is 5.32 Å². The number of rotatable bonds is 3. The van der Waals surface area contributed by atoms with Gasteiger partial charge in [0.1, 0.15) is 0 Å². The largest absolute Gasteiger partial charge is 0.504 e. The Morgan fingerprint density at radius 1 is 1.44 bits per heavy atom. The van der Waals surface area contributed by atoms with E-state index in [-0.39, 0.29) is 11.5 Å². The molecule has 1 fully saturated rings. The van der Waals surface area contributed by atoms with Crippen LogP contribution in [-0.2, 0) is 4.74 Å². The molecule has 1 unspecified atom stereocenters. The van der Waals surface area contributed by atoms with Crippen molar-refractivity contribution in [2.45, 2.75) is 6.10 Å². The average Bonchev–Trinajstić information content (AvgIpc) is 2.42. The molecule has 6 heteroatoms. The fourth-order valence-electron chi connectivity index (χ4n) is 1.97. The van der Waals surface area contributed by atoms with Crippen LogP contribution in [0.4, 0.5) is 4.39 Å². The second-order valence-electron chi connectivity index (χ2n) is 3.93. The van der Waals surface area contributed by atoms with Gasteiger partial charge >= 0.3 is 0 Å². The third-order valence-corrected chi connectivity index (χ3v) is 2.89. The van der Waals surface area contributed by atoms with Crippen LogP contribution in [0.5, 0.6) is 17.2 Å². The van der Waals surface area contributed by atoms with Gasteiger partial charge in [-0.1, -0.05) is 0 Å². The van der Waals surface area contributed by atoms with E-state index in [1.165, 1.54) is 20.3 Å². The predicted molar refractivity (Wildman–Crippen MR) is 62.7 cm³/mol. The Morgan fingerprint density at radius 2 is 2.22 bits per heavy atom. The Labute approximate surface area is 104 Å². The molecular formula is C12H16FNO4. The van der Waals surface area contributed by atoms with Crippen molar-refractivity contribution in [3.05, 3.63) is 17.4 Å². The number of aromatic hydroxyl groups is 1. The molecular weight excluding hydrogens is 241 g/mol. The third-order valence-electron chi connectivity index (χ3n) is 2.89. The van der Waals surface area contributed by atoms with Crippen molar-refractivity contribution >= 4 is 0 Å². The number of halogens is 1. The summed E-state index contributed by atoms with van der Waals surface area (Å²) in [7, 11) is 2.73. The first-order valence-electron chi connectivity index (χ1n) is 5.64. The van der Waals surface area contributed by atoms with Crippen molar-refractivity contribution in [1.29, 1.82) is 0 Å². The summed E-state index contributed by atoms with van der Waals surface area (Å²) in [4.78, 5) is 0. The highest BCUT2D eigenvalue weighted by atomic mass is 19.1. The van der Waals surface area contributed by atoms with Crippen LogP contribution in [0.15, 0.2) is 6.07 Å². The molecule has 0 saturated carbocycles. The van der Waals surface area contributed by atoms with Gasteiger partial charge in [-0.15, -0.1) is 0 Å². The van der Waals surface area contributed by atoms with Gasteiger partial charge in [-0.3, -0.25) is 0 Å². The molecule has 1 aromatic carbocycles. The van der Waals surface area contributed by atoms with Crippen LogP contribution >= 0.6 is 0 Å². The Bertz CT molecular complexity index is 433. The van der Waals surface area contributed by atoms with Gasteiger partial charge in [0, 0.05) is 18.7 Å². The summed E-state index contributed by atoms with van der Waals surface area (Å²) in [6, 6.07) is 1.54. The molecule has 0 bridgehead atoms. The van der Waals surface area contributed by atoms with E-state index in [0.29, 0.717) is 18.7 Å². The maximum atomic E-state index is 13.9. The Hall–Kier alpha value is -1.53. The molecule has 0 aliphatic carbocycles. The first-order valence-corrected chi connectivity index (χ1v) is 5.64. The van der Waals surface area contributed by atoms with Crippen molar-refractivity contribution in [1.82, 2.24) is 5.32 Å². The smallest absolute Gasteiger partial charge is 0.210 e. The molecule has 2 rings (SSSR count). The van der Waals surface area contributed by atoms with Crippen LogP contribution in [0.2, 0.25) is 0 Å². The Morgan fingerprint density at radius 3 is 2.78 bits per heavy atom. The fourth-order valence-corrected chi connectivity index (χ4v) is 1.97. The van der Waals surface area contributed by atoms with Gasteiger partial charge in [0.25, 0.3) is 0 Å². The molecule has 1 atom stereocenters. The van der Waals surface area contributed by atoms with Crippen LogP contribution in [0.3, 0.4) is 0 Å². The molecule has 1 aliphatic rings. The van der Waals surface area contributed by atoms with Gasteiger partial charge in [0.15, 0.2) is 11.5 Å². The molecule has 0 amide bonds. The normalized spacial score (nSPS) is 19.6. The Kier molecular flexibility index (Phi) is 3.88. The summed E-state index contributed by atoms with van der Waals surface area (Å²) in [6.07, 6.45) is -0.395. The molecule has 1 aliphatic heterocycles. The van der Waals surface area contributed by atoms with E-state index >= 15 is 0 Å². The van der Waals surface area contributed by atoms with Gasteiger partial charge in [-0.2, -0.15) is 4.39 Å². The SMILES string of the molecule is COc1cc(C2CNCCO2)c(O)c(F)c1OC. The number of phenols is 1. The van der Waals surface area contributed by atoms with E-state index in [1.54, 1.807) is 0 Å². The third kappa shape index (κ3) is 2.21. The topological polar surface area (TPSA) is 60.0 Å². The first kappa shape index (κ1) is 12.9. The zero-order valence-corrected chi connectivity index (χ0v) is 10.3. The van der Waals surface area contributed by atoms with Gasteiger partial charge in [0.2, 0.25) is 11.6 Å². The highest BCUT2D eigenvalue weighted by molar-refractivity contribution is 5.52. The summed E-state index contributed by atoms with van der Waals surface area (Å²) in [5, 5.41) is 13.0. The lowest BCUT2D eigenvalue weighted by atomic mass is 10.1. The highest BCUT2D eigenvalue weighted by Gasteiger charge is 2.26. The fraction of sp³-hybridized carbons (Fsp3) is 0.500. The molecule has 0 aromatic heterocycles. The molecule has 1 aromatic rings. The van der Waals surface area contributed by atoms with Crippen molar-refractivity contribution in [3.8, 4) is 17.2 Å². The molecule has 2 N–H and O–H groups in total. The first-order chi connectivity index (χ1) is 8.69. The van der Waals surface area contributed by atoms with Crippen molar-refractivity contribution in [2.24, 2.45) is 0 Å². The number of ether oxygens (including phenoxy) is 3. The number of methoxy groups -OCH3 is 2. The second kappa shape index (κ2) is 5.41. The molecule has 0 radical (unpaired) electrons. The monoisotopic (exact) mass is 257 g/mol. The quantitative estimate of drug-likeness (QED) is 0.852. The van der Waals surface area contributed by atoms with Crippen LogP contribution in [0.1, 0.15) is 11.7 Å². The maximum absolute atomic E-state index is 13.9. The predicted octanol–water partition coefficient (Wildman–Crippen LogP) is 1.21. The molecule has 5 nitrogen and oxygen atoms in total. The molecule has 1 heterocycles. The van der Waals surface area contributed by atoms with Crippen molar-refractivity contribution < 1.29 is 23.7 Å². The maximum Gasteiger partial charge on any atom is 0.210 e. The highest BCUT2D eigenvalue weighted by Crippen LogP contribution is 2.41. The molecule has 1 saturated heterocycles. The lowest BCUT2D eigenvalue weighted by molar-refractivity contribution is 0.0258. The lowest BCUT2D eigenvalue weighted by Crippen LogP contribution is -2.33. The van der Waals surface area contributed by atoms with Gasteiger partial charge in [-0.05, 0) is 6.07 Å². The molecule has 100 valence electrons. The van der Waals surface area contributed by atoms with Crippen LogP contribution < -0.4 is 14.8 Å². The van der Waals surface area contributed by atoms with E-state index in [4.69, 9.17) is 14.2 Å². The minimum atomic E-state index is -0.832. The number of hydrogen-bond donors (Lipinski definition) is 2. The standard InChI is InChI=1S/C12H16FNO4/c1-16-8-5-7(9-6-14-3-4-18-9)11(15)10(13)12(8)17-2/h5,9,14-15H,3-4,6H2,1-2H3. The summed E-state index contributed by atoms with van der Waals surface area (Å²) in [5.74, 6) is -1.16. The number of nitrogens with one attached hydrogen (secondary N) is 1. The summed E-state index contributed by atoms with van der Waals surface area (Å²) in [5.41, 5.74) is 0.359. The van der Waals surface area contributed by atoms with E-state index in [9.17, 15) is 9.50 Å². The van der Waals surface area contributed by atoms with Gasteiger partial charge in [0.05, 0.1) is 26.9 Å². The van der Waals surface area contributed by atoms with Crippen molar-refractivity contribution in [3.63, 3.8) is 0 Å². The minimum Gasteiger partial charge on any atom is -0.504 e. The van der Waals surface area contributed by atoms with Gasteiger partial charge < -0.3 is 24.6 Å². The zero-order valence-electron chi connectivity index (χ0n) is 10.3.